The van der Waals surface area contributed by atoms with Crippen molar-refractivity contribution in [2.24, 2.45) is 0 Å². The molecule has 3 heterocycles. The highest BCUT2D eigenvalue weighted by Gasteiger charge is 2.34. The fraction of sp³-hybridized carbons (Fsp3) is 0.370. The van der Waals surface area contributed by atoms with E-state index in [2.05, 4.69) is 5.10 Å². The lowest BCUT2D eigenvalue weighted by Gasteiger charge is -2.38. The molecule has 3 aromatic rings. The zero-order chi connectivity index (χ0) is 24.2. The summed E-state index contributed by atoms with van der Waals surface area (Å²) in [5.41, 5.74) is 2.76. The maximum atomic E-state index is 13.2. The van der Waals surface area contributed by atoms with Crippen LogP contribution in [0.4, 0.5) is 5.69 Å². The van der Waals surface area contributed by atoms with E-state index in [0.29, 0.717) is 18.8 Å². The van der Waals surface area contributed by atoms with Crippen molar-refractivity contribution in [2.45, 2.75) is 31.9 Å². The van der Waals surface area contributed by atoms with Crippen molar-refractivity contribution in [3.63, 3.8) is 0 Å². The lowest BCUT2D eigenvalue weighted by molar-refractivity contribution is -0.139. The summed E-state index contributed by atoms with van der Waals surface area (Å²) in [6, 6.07) is 17.5. The molecule has 0 bridgehead atoms. The van der Waals surface area contributed by atoms with Gasteiger partial charge in [-0.15, -0.1) is 0 Å². The van der Waals surface area contributed by atoms with Crippen LogP contribution in [0, 0.1) is 0 Å². The van der Waals surface area contributed by atoms with Gasteiger partial charge in [0.1, 0.15) is 5.75 Å². The maximum absolute atomic E-state index is 13.2. The first kappa shape index (κ1) is 23.0. The Bertz CT molecular complexity index is 1170. The number of rotatable bonds is 6. The van der Waals surface area contributed by atoms with Crippen LogP contribution in [0.1, 0.15) is 24.8 Å². The second-order valence-corrected chi connectivity index (χ2v) is 9.22. The summed E-state index contributed by atoms with van der Waals surface area (Å²) in [5.74, 6) is 0.630. The molecular formula is C27H31N5O3. The summed E-state index contributed by atoms with van der Waals surface area (Å²) in [7, 11) is 1.80. The third-order valence-electron chi connectivity index (χ3n) is 6.63. The molecule has 0 radical (unpaired) electrons. The predicted molar refractivity (Wildman–Crippen MR) is 134 cm³/mol. The van der Waals surface area contributed by atoms with Crippen molar-refractivity contribution in [3.8, 4) is 11.4 Å². The number of aromatic nitrogens is 2. The molecule has 1 atom stereocenters. The number of hydrogen-bond acceptors (Lipinski definition) is 5. The fourth-order valence-electron chi connectivity index (χ4n) is 4.71. The molecule has 8 heteroatoms. The topological polar surface area (TPSA) is 70.9 Å². The second-order valence-electron chi connectivity index (χ2n) is 9.22. The summed E-state index contributed by atoms with van der Waals surface area (Å²) in [6.07, 6.45) is 6.34. The predicted octanol–water partition coefficient (Wildman–Crippen LogP) is 3.11. The van der Waals surface area contributed by atoms with Crippen LogP contribution in [0.2, 0.25) is 0 Å². The molecule has 0 spiro atoms. The Morgan fingerprint density at radius 2 is 1.77 bits per heavy atom. The minimum Gasteiger partial charge on any atom is -0.477 e. The SMILES string of the molecule is CN(Cc1cnn(-c2ccccc2)c1)C(=O)CN1CC(C(=O)N2CCCCC2)Oc2ccccc21. The number of fused-ring (bicyclic) bond motifs is 1. The van der Waals surface area contributed by atoms with E-state index < -0.39 is 6.10 Å². The van der Waals surface area contributed by atoms with Crippen LogP contribution in [0.3, 0.4) is 0 Å². The van der Waals surface area contributed by atoms with Crippen LogP contribution in [-0.2, 0) is 16.1 Å². The Morgan fingerprint density at radius 3 is 2.57 bits per heavy atom. The molecule has 1 aromatic heterocycles. The van der Waals surface area contributed by atoms with Crippen molar-refractivity contribution in [1.29, 1.82) is 0 Å². The molecule has 0 aliphatic carbocycles. The molecule has 2 aliphatic rings. The van der Waals surface area contributed by atoms with Gasteiger partial charge in [0.25, 0.3) is 5.91 Å². The molecule has 1 unspecified atom stereocenters. The number of benzene rings is 2. The van der Waals surface area contributed by atoms with Gasteiger partial charge in [0.15, 0.2) is 6.10 Å². The van der Waals surface area contributed by atoms with E-state index in [9.17, 15) is 9.59 Å². The van der Waals surface area contributed by atoms with E-state index >= 15 is 0 Å². The fourth-order valence-corrected chi connectivity index (χ4v) is 4.71. The second kappa shape index (κ2) is 10.2. The van der Waals surface area contributed by atoms with E-state index in [-0.39, 0.29) is 18.4 Å². The highest BCUT2D eigenvalue weighted by molar-refractivity contribution is 5.86. The number of likely N-dealkylation sites (N-methyl/N-ethyl adjacent to an activating group) is 1. The summed E-state index contributed by atoms with van der Waals surface area (Å²) < 4.78 is 7.90. The molecule has 2 amide bonds. The molecule has 35 heavy (non-hydrogen) atoms. The number of hydrogen-bond donors (Lipinski definition) is 0. The van der Waals surface area contributed by atoms with Crippen LogP contribution in [0.15, 0.2) is 67.0 Å². The lowest BCUT2D eigenvalue weighted by atomic mass is 10.1. The average molecular weight is 474 g/mol. The number of nitrogens with zero attached hydrogens (tertiary/aromatic N) is 5. The maximum Gasteiger partial charge on any atom is 0.265 e. The van der Waals surface area contributed by atoms with Crippen molar-refractivity contribution < 1.29 is 14.3 Å². The average Bonchev–Trinajstić information content (AvgIpc) is 3.37. The Balaban J connectivity index is 1.26. The van der Waals surface area contributed by atoms with Gasteiger partial charge in [-0.3, -0.25) is 9.59 Å². The molecule has 1 fully saturated rings. The van der Waals surface area contributed by atoms with Crippen molar-refractivity contribution in [2.75, 3.05) is 38.1 Å². The molecule has 0 saturated carbocycles. The van der Waals surface area contributed by atoms with Gasteiger partial charge in [0, 0.05) is 38.4 Å². The Hall–Kier alpha value is -3.81. The van der Waals surface area contributed by atoms with Crippen molar-refractivity contribution in [1.82, 2.24) is 19.6 Å². The highest BCUT2D eigenvalue weighted by atomic mass is 16.5. The summed E-state index contributed by atoms with van der Waals surface area (Å²) in [5, 5.41) is 4.43. The lowest BCUT2D eigenvalue weighted by Crippen LogP contribution is -2.53. The van der Waals surface area contributed by atoms with Crippen LogP contribution in [0.25, 0.3) is 5.69 Å². The van der Waals surface area contributed by atoms with Crippen LogP contribution >= 0.6 is 0 Å². The smallest absolute Gasteiger partial charge is 0.265 e. The number of anilines is 1. The van der Waals surface area contributed by atoms with Crippen molar-refractivity contribution >= 4 is 17.5 Å². The first-order valence-corrected chi connectivity index (χ1v) is 12.2. The van der Waals surface area contributed by atoms with Crippen LogP contribution in [-0.4, -0.2) is 70.7 Å². The van der Waals surface area contributed by atoms with E-state index in [1.165, 1.54) is 0 Å². The molecule has 1 saturated heterocycles. The first-order chi connectivity index (χ1) is 17.1. The third-order valence-corrected chi connectivity index (χ3v) is 6.63. The van der Waals surface area contributed by atoms with Gasteiger partial charge < -0.3 is 19.4 Å². The van der Waals surface area contributed by atoms with E-state index in [1.54, 1.807) is 18.1 Å². The minimum atomic E-state index is -0.606. The molecule has 5 rings (SSSR count). The number of carbonyl (C=O) groups excluding carboxylic acids is 2. The number of likely N-dealkylation sites (tertiary alicyclic amines) is 1. The monoisotopic (exact) mass is 473 g/mol. The van der Waals surface area contributed by atoms with E-state index in [1.807, 2.05) is 75.3 Å². The molecule has 0 N–H and O–H groups in total. The van der Waals surface area contributed by atoms with E-state index in [4.69, 9.17) is 4.74 Å². The zero-order valence-corrected chi connectivity index (χ0v) is 20.0. The van der Waals surface area contributed by atoms with Crippen LogP contribution in [0.5, 0.6) is 5.75 Å². The minimum absolute atomic E-state index is 0.0123. The molecular weight excluding hydrogens is 442 g/mol. The van der Waals surface area contributed by atoms with Gasteiger partial charge in [-0.1, -0.05) is 30.3 Å². The summed E-state index contributed by atoms with van der Waals surface area (Å²) in [4.78, 5) is 31.9. The number of carbonyl (C=O) groups is 2. The number of para-hydroxylation sites is 3. The standard InChI is InChI=1S/C27H31N5O3/c1-29(17-21-16-28-32(18-21)22-10-4-2-5-11-22)26(33)20-31-19-25(27(34)30-14-8-3-9-15-30)35-24-13-7-6-12-23(24)31/h2,4-7,10-13,16,18,25H,3,8-9,14-15,17,19-20H2,1H3. The molecule has 8 nitrogen and oxygen atoms in total. The quantitative estimate of drug-likeness (QED) is 0.550. The number of piperidine rings is 1. The summed E-state index contributed by atoms with van der Waals surface area (Å²) >= 11 is 0. The molecule has 2 aliphatic heterocycles. The number of amides is 2. The highest BCUT2D eigenvalue weighted by Crippen LogP contribution is 2.33. The van der Waals surface area contributed by atoms with E-state index in [0.717, 1.165) is 49.3 Å². The van der Waals surface area contributed by atoms with Crippen LogP contribution < -0.4 is 9.64 Å². The number of ether oxygens (including phenoxy) is 1. The van der Waals surface area contributed by atoms with Gasteiger partial charge in [-0.25, -0.2) is 4.68 Å². The Labute approximate surface area is 205 Å². The first-order valence-electron chi connectivity index (χ1n) is 12.2. The largest absolute Gasteiger partial charge is 0.477 e. The summed E-state index contributed by atoms with van der Waals surface area (Å²) in [6.45, 7) is 2.54. The Kier molecular flexibility index (Phi) is 6.70. The molecule has 182 valence electrons. The third kappa shape index (κ3) is 5.16. The molecule has 2 aromatic carbocycles. The Morgan fingerprint density at radius 1 is 1.03 bits per heavy atom. The van der Waals surface area contributed by atoms with Gasteiger partial charge in [-0.2, -0.15) is 5.10 Å². The van der Waals surface area contributed by atoms with Gasteiger partial charge in [0.05, 0.1) is 30.7 Å². The zero-order valence-electron chi connectivity index (χ0n) is 20.0. The van der Waals surface area contributed by atoms with Gasteiger partial charge >= 0.3 is 0 Å². The normalized spacial score (nSPS) is 17.5. The van der Waals surface area contributed by atoms with Crippen molar-refractivity contribution in [3.05, 3.63) is 72.6 Å². The van der Waals surface area contributed by atoms with Gasteiger partial charge in [0.2, 0.25) is 5.91 Å². The van der Waals surface area contributed by atoms with Gasteiger partial charge in [-0.05, 0) is 43.5 Å².